The van der Waals surface area contributed by atoms with Gasteiger partial charge < -0.3 is 5.73 Å². The maximum atomic E-state index is 5.66. The second kappa shape index (κ2) is 6.01. The monoisotopic (exact) mass is 167 g/mol. The minimum absolute atomic E-state index is 0.468. The molecule has 0 heterocycles. The van der Waals surface area contributed by atoms with Crippen LogP contribution in [-0.4, -0.2) is 6.54 Å². The van der Waals surface area contributed by atoms with Gasteiger partial charge in [-0.2, -0.15) is 0 Å². The molecule has 0 saturated heterocycles. The van der Waals surface area contributed by atoms with E-state index in [1.54, 1.807) is 0 Å². The van der Waals surface area contributed by atoms with Gasteiger partial charge >= 0.3 is 0 Å². The van der Waals surface area contributed by atoms with Crippen molar-refractivity contribution in [3.05, 3.63) is 23.8 Å². The predicted octanol–water partition coefficient (Wildman–Crippen LogP) is 2.88. The summed E-state index contributed by atoms with van der Waals surface area (Å²) in [6, 6.07) is 0. The van der Waals surface area contributed by atoms with Gasteiger partial charge in [-0.1, -0.05) is 37.5 Å². The molecule has 0 aromatic carbocycles. The van der Waals surface area contributed by atoms with E-state index in [9.17, 15) is 0 Å². The normalized spacial score (nSPS) is 15.3. The quantitative estimate of drug-likeness (QED) is 0.626. The van der Waals surface area contributed by atoms with Crippen LogP contribution in [0.5, 0.6) is 0 Å². The second-order valence-corrected chi connectivity index (χ2v) is 3.27. The minimum Gasteiger partial charge on any atom is -0.327 e. The van der Waals surface area contributed by atoms with Crippen LogP contribution in [0, 0.1) is 5.92 Å². The van der Waals surface area contributed by atoms with Gasteiger partial charge in [-0.05, 0) is 19.3 Å². The van der Waals surface area contributed by atoms with Crippen molar-refractivity contribution in [1.82, 2.24) is 0 Å². The molecule has 2 N–H and O–H groups in total. The molecule has 1 atom stereocenters. The van der Waals surface area contributed by atoms with E-state index >= 15 is 0 Å². The molecule has 0 rings (SSSR count). The highest BCUT2D eigenvalue weighted by Gasteiger charge is 2.04. The Kier molecular flexibility index (Phi) is 5.73. The molecule has 0 aliphatic heterocycles. The lowest BCUT2D eigenvalue weighted by atomic mass is 9.95. The van der Waals surface area contributed by atoms with Crippen molar-refractivity contribution in [2.45, 2.75) is 33.6 Å². The van der Waals surface area contributed by atoms with Gasteiger partial charge in [0.2, 0.25) is 0 Å². The van der Waals surface area contributed by atoms with Crippen LogP contribution in [0.25, 0.3) is 0 Å². The van der Waals surface area contributed by atoms with E-state index in [1.165, 1.54) is 17.6 Å². The summed E-state index contributed by atoms with van der Waals surface area (Å²) in [5.41, 5.74) is 8.45. The first-order valence-electron chi connectivity index (χ1n) is 4.68. The zero-order valence-corrected chi connectivity index (χ0v) is 8.56. The van der Waals surface area contributed by atoms with Crippen molar-refractivity contribution in [1.29, 1.82) is 0 Å². The molecule has 1 unspecified atom stereocenters. The number of nitrogens with two attached hydrogens (primary N) is 1. The summed E-state index contributed by atoms with van der Waals surface area (Å²) in [6.45, 7) is 11.0. The molecule has 1 heteroatoms. The second-order valence-electron chi connectivity index (χ2n) is 3.27. The summed E-state index contributed by atoms with van der Waals surface area (Å²) >= 11 is 0. The maximum Gasteiger partial charge on any atom is 0.0139 e. The molecule has 0 amide bonds. The zero-order chi connectivity index (χ0) is 9.56. The Balaban J connectivity index is 4.45. The largest absolute Gasteiger partial charge is 0.327 e. The molecule has 0 saturated carbocycles. The van der Waals surface area contributed by atoms with E-state index in [-0.39, 0.29) is 0 Å². The first kappa shape index (κ1) is 11.4. The number of hydrogen-bond acceptors (Lipinski definition) is 1. The lowest BCUT2D eigenvalue weighted by Gasteiger charge is -2.13. The molecule has 0 aromatic rings. The lowest BCUT2D eigenvalue weighted by Crippen LogP contribution is -2.08. The fourth-order valence-corrected chi connectivity index (χ4v) is 1.26. The van der Waals surface area contributed by atoms with Crippen molar-refractivity contribution in [2.24, 2.45) is 11.7 Å². The third-order valence-electron chi connectivity index (χ3n) is 2.39. The van der Waals surface area contributed by atoms with Gasteiger partial charge in [0, 0.05) is 6.54 Å². The summed E-state index contributed by atoms with van der Waals surface area (Å²) < 4.78 is 0. The van der Waals surface area contributed by atoms with Crippen LogP contribution in [0.4, 0.5) is 0 Å². The van der Waals surface area contributed by atoms with Crippen molar-refractivity contribution in [2.75, 3.05) is 6.54 Å². The molecule has 0 aliphatic rings. The van der Waals surface area contributed by atoms with Crippen LogP contribution in [-0.2, 0) is 0 Å². The summed E-state index contributed by atoms with van der Waals surface area (Å²) in [6.07, 6.45) is 4.27. The van der Waals surface area contributed by atoms with Crippen molar-refractivity contribution in [3.8, 4) is 0 Å². The molecule has 70 valence electrons. The molecular formula is C11H21N. The Morgan fingerprint density at radius 2 is 2.17 bits per heavy atom. The van der Waals surface area contributed by atoms with E-state index in [4.69, 9.17) is 5.73 Å². The molecule has 0 aromatic heterocycles. The first-order valence-corrected chi connectivity index (χ1v) is 4.68. The first-order chi connectivity index (χ1) is 5.67. The topological polar surface area (TPSA) is 26.0 Å². The smallest absolute Gasteiger partial charge is 0.0139 e. The van der Waals surface area contributed by atoms with Crippen LogP contribution in [0.15, 0.2) is 23.8 Å². The van der Waals surface area contributed by atoms with Gasteiger partial charge in [-0.15, -0.1) is 6.58 Å². The van der Waals surface area contributed by atoms with Crippen LogP contribution >= 0.6 is 0 Å². The van der Waals surface area contributed by atoms with Gasteiger partial charge in [0.25, 0.3) is 0 Å². The summed E-state index contributed by atoms with van der Waals surface area (Å²) in [5.74, 6) is 0.468. The molecule has 0 fully saturated rings. The summed E-state index contributed by atoms with van der Waals surface area (Å²) in [4.78, 5) is 0. The number of rotatable bonds is 5. The highest BCUT2D eigenvalue weighted by Crippen LogP contribution is 2.18. The highest BCUT2D eigenvalue weighted by molar-refractivity contribution is 5.18. The van der Waals surface area contributed by atoms with Gasteiger partial charge in [0.05, 0.1) is 0 Å². The molecule has 0 aliphatic carbocycles. The Bertz CT molecular complexity index is 168. The Morgan fingerprint density at radius 3 is 2.50 bits per heavy atom. The molecule has 0 bridgehead atoms. The van der Waals surface area contributed by atoms with Crippen LogP contribution in [0.2, 0.25) is 0 Å². The van der Waals surface area contributed by atoms with E-state index in [0.29, 0.717) is 12.5 Å². The SMILES string of the molecule is C=CC(C)/C(C)=C(/CN)CCC. The van der Waals surface area contributed by atoms with Crippen molar-refractivity contribution in [3.63, 3.8) is 0 Å². The Hall–Kier alpha value is -0.560. The fourth-order valence-electron chi connectivity index (χ4n) is 1.26. The molecule has 12 heavy (non-hydrogen) atoms. The van der Waals surface area contributed by atoms with Crippen molar-refractivity contribution >= 4 is 0 Å². The molecule has 0 radical (unpaired) electrons. The van der Waals surface area contributed by atoms with Gasteiger partial charge in [-0.3, -0.25) is 0 Å². The lowest BCUT2D eigenvalue weighted by molar-refractivity contribution is 0.786. The maximum absolute atomic E-state index is 5.66. The third-order valence-corrected chi connectivity index (χ3v) is 2.39. The standard InChI is InChI=1S/C11H21N/c1-5-7-11(8-12)10(4)9(3)6-2/h6,9H,2,5,7-8,12H2,1,3-4H3/b11-10+. The van der Waals surface area contributed by atoms with Gasteiger partial charge in [-0.25, -0.2) is 0 Å². The molecular weight excluding hydrogens is 146 g/mol. The van der Waals surface area contributed by atoms with E-state index < -0.39 is 0 Å². The van der Waals surface area contributed by atoms with E-state index in [2.05, 4.69) is 27.4 Å². The minimum atomic E-state index is 0.468. The molecule has 0 spiro atoms. The number of hydrogen-bond donors (Lipinski definition) is 1. The zero-order valence-electron chi connectivity index (χ0n) is 8.56. The summed E-state index contributed by atoms with van der Waals surface area (Å²) in [7, 11) is 0. The van der Waals surface area contributed by atoms with E-state index in [0.717, 1.165) is 6.42 Å². The Labute approximate surface area is 76.3 Å². The van der Waals surface area contributed by atoms with Gasteiger partial charge in [0.1, 0.15) is 0 Å². The van der Waals surface area contributed by atoms with Crippen LogP contribution < -0.4 is 5.73 Å². The average Bonchev–Trinajstić information content (AvgIpc) is 2.11. The average molecular weight is 167 g/mol. The highest BCUT2D eigenvalue weighted by atomic mass is 14.5. The van der Waals surface area contributed by atoms with Gasteiger partial charge in [0.15, 0.2) is 0 Å². The van der Waals surface area contributed by atoms with Crippen LogP contribution in [0.1, 0.15) is 33.6 Å². The summed E-state index contributed by atoms with van der Waals surface area (Å²) in [5, 5.41) is 0. The predicted molar refractivity (Wildman–Crippen MR) is 56.0 cm³/mol. The van der Waals surface area contributed by atoms with Crippen LogP contribution in [0.3, 0.4) is 0 Å². The fraction of sp³-hybridized carbons (Fsp3) is 0.636. The molecule has 1 nitrogen and oxygen atoms in total. The third kappa shape index (κ3) is 3.22. The van der Waals surface area contributed by atoms with E-state index in [1.807, 2.05) is 6.08 Å². The number of allylic oxidation sites excluding steroid dienone is 2. The van der Waals surface area contributed by atoms with Crippen molar-refractivity contribution < 1.29 is 0 Å². The Morgan fingerprint density at radius 1 is 1.58 bits per heavy atom.